The number of urea groups is 1. The molecule has 1 unspecified atom stereocenters. The second-order valence-electron chi connectivity index (χ2n) is 8.07. The maximum atomic E-state index is 12.3. The Kier molecular flexibility index (Phi) is 5.18. The van der Waals surface area contributed by atoms with E-state index in [2.05, 4.69) is 19.2 Å². The molecule has 0 radical (unpaired) electrons. The van der Waals surface area contributed by atoms with Crippen LogP contribution in [-0.2, 0) is 0 Å². The Hall–Kier alpha value is -0.770. The lowest BCUT2D eigenvalue weighted by Crippen LogP contribution is -2.48. The van der Waals surface area contributed by atoms with Crippen LogP contribution in [0.2, 0.25) is 0 Å². The molecular weight excluding hydrogens is 264 g/mol. The third-order valence-corrected chi connectivity index (χ3v) is 5.34. The highest BCUT2D eigenvalue weighted by atomic mass is 16.3. The molecule has 2 fully saturated rings. The van der Waals surface area contributed by atoms with Gasteiger partial charge >= 0.3 is 6.03 Å². The fourth-order valence-corrected chi connectivity index (χ4v) is 4.11. The summed E-state index contributed by atoms with van der Waals surface area (Å²) in [6, 6.07) is 0.0708. The van der Waals surface area contributed by atoms with E-state index in [9.17, 15) is 9.90 Å². The second-order valence-corrected chi connectivity index (χ2v) is 8.07. The van der Waals surface area contributed by atoms with Gasteiger partial charge < -0.3 is 15.3 Å². The van der Waals surface area contributed by atoms with Crippen LogP contribution in [-0.4, -0.2) is 41.8 Å². The van der Waals surface area contributed by atoms with E-state index in [1.54, 1.807) is 6.92 Å². The number of carbonyl (C=O) groups is 1. The molecule has 1 saturated carbocycles. The van der Waals surface area contributed by atoms with Crippen molar-refractivity contribution in [2.24, 2.45) is 10.8 Å². The summed E-state index contributed by atoms with van der Waals surface area (Å²) in [5.74, 6) is 0. The first-order valence-electron chi connectivity index (χ1n) is 8.53. The summed E-state index contributed by atoms with van der Waals surface area (Å²) in [5.41, 5.74) is 0.495. The molecule has 1 aliphatic heterocycles. The van der Waals surface area contributed by atoms with Crippen molar-refractivity contribution in [3.8, 4) is 0 Å². The van der Waals surface area contributed by atoms with E-state index in [4.69, 9.17) is 0 Å². The van der Waals surface area contributed by atoms with Crippen LogP contribution in [0.5, 0.6) is 0 Å². The van der Waals surface area contributed by atoms with E-state index < -0.39 is 0 Å². The number of aliphatic hydroxyl groups is 1. The zero-order chi connectivity index (χ0) is 15.5. The Bertz CT molecular complexity index is 350. The van der Waals surface area contributed by atoms with Gasteiger partial charge in [0.1, 0.15) is 0 Å². The topological polar surface area (TPSA) is 52.6 Å². The SMILES string of the molecule is CC(O)CC(C)(C)CNC(=O)N1CCC2(CCCC2)CC1. The first kappa shape index (κ1) is 16.6. The number of amides is 2. The molecule has 1 aliphatic carbocycles. The quantitative estimate of drug-likeness (QED) is 0.837. The van der Waals surface area contributed by atoms with Gasteiger partial charge in [0.15, 0.2) is 0 Å². The third kappa shape index (κ3) is 4.60. The van der Waals surface area contributed by atoms with Crippen molar-refractivity contribution in [1.29, 1.82) is 0 Å². The molecule has 2 N–H and O–H groups in total. The molecular formula is C17H32N2O2. The molecule has 1 spiro atoms. The molecule has 0 aromatic carbocycles. The molecule has 1 saturated heterocycles. The van der Waals surface area contributed by atoms with Crippen molar-refractivity contribution in [3.05, 3.63) is 0 Å². The normalized spacial score (nSPS) is 23.3. The lowest BCUT2D eigenvalue weighted by atomic mass is 9.77. The largest absolute Gasteiger partial charge is 0.393 e. The van der Waals surface area contributed by atoms with Gasteiger partial charge in [-0.3, -0.25) is 0 Å². The van der Waals surface area contributed by atoms with Crippen LogP contribution in [0.25, 0.3) is 0 Å². The summed E-state index contributed by atoms with van der Waals surface area (Å²) in [6.07, 6.45) is 8.22. The van der Waals surface area contributed by atoms with Crippen LogP contribution in [0.15, 0.2) is 0 Å². The van der Waals surface area contributed by atoms with Crippen molar-refractivity contribution in [2.75, 3.05) is 19.6 Å². The average Bonchev–Trinajstić information content (AvgIpc) is 2.84. The van der Waals surface area contributed by atoms with Gasteiger partial charge in [-0.15, -0.1) is 0 Å². The fraction of sp³-hybridized carbons (Fsp3) is 0.941. The van der Waals surface area contributed by atoms with Gasteiger partial charge in [-0.2, -0.15) is 0 Å². The van der Waals surface area contributed by atoms with Crippen LogP contribution in [0.4, 0.5) is 4.79 Å². The first-order chi connectivity index (χ1) is 9.82. The summed E-state index contributed by atoms with van der Waals surface area (Å²) >= 11 is 0. The van der Waals surface area contributed by atoms with E-state index in [1.165, 1.54) is 38.5 Å². The predicted octanol–water partition coefficient (Wildman–Crippen LogP) is 3.15. The maximum absolute atomic E-state index is 12.3. The number of hydrogen-bond acceptors (Lipinski definition) is 2. The average molecular weight is 296 g/mol. The van der Waals surface area contributed by atoms with Gasteiger partial charge in [-0.05, 0) is 49.9 Å². The highest BCUT2D eigenvalue weighted by molar-refractivity contribution is 5.74. The van der Waals surface area contributed by atoms with Crippen LogP contribution >= 0.6 is 0 Å². The third-order valence-electron chi connectivity index (χ3n) is 5.34. The van der Waals surface area contributed by atoms with E-state index in [1.807, 2.05) is 4.90 Å². The maximum Gasteiger partial charge on any atom is 0.317 e. The molecule has 2 rings (SSSR count). The molecule has 4 heteroatoms. The Morgan fingerprint density at radius 3 is 2.33 bits per heavy atom. The Morgan fingerprint density at radius 2 is 1.81 bits per heavy atom. The van der Waals surface area contributed by atoms with Gasteiger partial charge in [-0.1, -0.05) is 26.7 Å². The number of carbonyl (C=O) groups excluding carboxylic acids is 1. The lowest BCUT2D eigenvalue weighted by Gasteiger charge is -2.39. The predicted molar refractivity (Wildman–Crippen MR) is 85.2 cm³/mol. The van der Waals surface area contributed by atoms with E-state index in [0.717, 1.165) is 13.1 Å². The second kappa shape index (κ2) is 6.55. The highest BCUT2D eigenvalue weighted by Crippen LogP contribution is 2.46. The summed E-state index contributed by atoms with van der Waals surface area (Å²) in [5, 5.41) is 12.5. The van der Waals surface area contributed by atoms with E-state index >= 15 is 0 Å². The standard InChI is InChI=1S/C17H32N2O2/c1-14(20)12-16(2,3)13-18-15(21)19-10-8-17(9-11-19)6-4-5-7-17/h14,20H,4-13H2,1-3H3,(H,18,21). The summed E-state index contributed by atoms with van der Waals surface area (Å²) in [6.45, 7) is 8.41. The molecule has 2 aliphatic rings. The Morgan fingerprint density at radius 1 is 1.24 bits per heavy atom. The van der Waals surface area contributed by atoms with E-state index in [-0.39, 0.29) is 17.6 Å². The molecule has 1 heterocycles. The first-order valence-corrected chi connectivity index (χ1v) is 8.53. The molecule has 1 atom stereocenters. The summed E-state index contributed by atoms with van der Waals surface area (Å²) in [7, 11) is 0. The Balaban J connectivity index is 1.74. The number of piperidine rings is 1. The smallest absolute Gasteiger partial charge is 0.317 e. The fourth-order valence-electron chi connectivity index (χ4n) is 4.11. The zero-order valence-corrected chi connectivity index (χ0v) is 14.0. The number of nitrogens with one attached hydrogen (secondary N) is 1. The van der Waals surface area contributed by atoms with E-state index in [0.29, 0.717) is 18.4 Å². The summed E-state index contributed by atoms with van der Waals surface area (Å²) < 4.78 is 0. The molecule has 21 heavy (non-hydrogen) atoms. The van der Waals surface area contributed by atoms with Crippen LogP contribution in [0.3, 0.4) is 0 Å². The van der Waals surface area contributed by atoms with Gasteiger partial charge in [0.25, 0.3) is 0 Å². The van der Waals surface area contributed by atoms with Gasteiger partial charge in [-0.25, -0.2) is 4.79 Å². The minimum Gasteiger partial charge on any atom is -0.393 e. The van der Waals surface area contributed by atoms with Gasteiger partial charge in [0, 0.05) is 19.6 Å². The van der Waals surface area contributed by atoms with Crippen molar-refractivity contribution in [3.63, 3.8) is 0 Å². The zero-order valence-electron chi connectivity index (χ0n) is 14.0. The van der Waals surface area contributed by atoms with Crippen molar-refractivity contribution >= 4 is 6.03 Å². The number of likely N-dealkylation sites (tertiary alicyclic amines) is 1. The Labute approximate surface area is 129 Å². The van der Waals surface area contributed by atoms with Gasteiger partial charge in [0.2, 0.25) is 0 Å². The highest BCUT2D eigenvalue weighted by Gasteiger charge is 2.38. The van der Waals surface area contributed by atoms with Crippen molar-refractivity contribution in [2.45, 2.75) is 71.8 Å². The monoisotopic (exact) mass is 296 g/mol. The van der Waals surface area contributed by atoms with Crippen LogP contribution < -0.4 is 5.32 Å². The molecule has 0 bridgehead atoms. The lowest BCUT2D eigenvalue weighted by molar-refractivity contribution is 0.111. The van der Waals surface area contributed by atoms with Crippen LogP contribution in [0, 0.1) is 10.8 Å². The molecule has 2 amide bonds. The number of hydrogen-bond donors (Lipinski definition) is 2. The number of aliphatic hydroxyl groups excluding tert-OH is 1. The molecule has 0 aromatic rings. The number of nitrogens with zero attached hydrogens (tertiary/aromatic N) is 1. The minimum atomic E-state index is -0.325. The van der Waals surface area contributed by atoms with Crippen molar-refractivity contribution in [1.82, 2.24) is 10.2 Å². The van der Waals surface area contributed by atoms with Gasteiger partial charge in [0.05, 0.1) is 6.10 Å². The molecule has 0 aromatic heterocycles. The number of rotatable bonds is 4. The molecule has 4 nitrogen and oxygen atoms in total. The van der Waals surface area contributed by atoms with Crippen molar-refractivity contribution < 1.29 is 9.90 Å². The minimum absolute atomic E-state index is 0.0632. The van der Waals surface area contributed by atoms with Crippen LogP contribution in [0.1, 0.15) is 65.7 Å². The summed E-state index contributed by atoms with van der Waals surface area (Å²) in [4.78, 5) is 14.3. The molecule has 122 valence electrons.